The molecule has 2 fully saturated rings. The number of piperidine rings is 1. The largest absolute Gasteiger partial charge is 0.370 e. The van der Waals surface area contributed by atoms with E-state index in [0.29, 0.717) is 27.7 Å². The molecule has 0 radical (unpaired) electrons. The van der Waals surface area contributed by atoms with Crippen LogP contribution in [0.2, 0.25) is 5.02 Å². The van der Waals surface area contributed by atoms with Gasteiger partial charge in [-0.3, -0.25) is 4.98 Å². The first kappa shape index (κ1) is 27.7. The average Bonchev–Trinajstić information content (AvgIpc) is 3.43. The Labute approximate surface area is 252 Å². The Morgan fingerprint density at radius 2 is 1.68 bits per heavy atom. The molecule has 0 amide bonds. The number of nitrogens with zero attached hydrogens (tertiary/aromatic N) is 4. The minimum atomic E-state index is -0.261. The number of para-hydroxylation sites is 1. The highest BCUT2D eigenvalue weighted by Crippen LogP contribution is 2.45. The van der Waals surface area contributed by atoms with E-state index >= 15 is 0 Å². The maximum atomic E-state index is 15.0. The van der Waals surface area contributed by atoms with Crippen LogP contribution in [0.15, 0.2) is 72.9 Å². The average molecular weight is 588 g/mol. The summed E-state index contributed by atoms with van der Waals surface area (Å²) >= 11 is 13.0. The van der Waals surface area contributed by atoms with Gasteiger partial charge in [-0.1, -0.05) is 43.6 Å². The van der Waals surface area contributed by atoms with Crippen molar-refractivity contribution in [2.45, 2.75) is 46.2 Å². The molecule has 0 aliphatic carbocycles. The van der Waals surface area contributed by atoms with Crippen LogP contribution >= 0.6 is 23.8 Å². The van der Waals surface area contributed by atoms with Crippen LogP contribution in [0.3, 0.4) is 0 Å². The fourth-order valence-electron chi connectivity index (χ4n) is 6.80. The van der Waals surface area contributed by atoms with Crippen LogP contribution in [0.1, 0.15) is 55.0 Å². The predicted molar refractivity (Wildman–Crippen MR) is 170 cm³/mol. The number of pyridine rings is 1. The smallest absolute Gasteiger partial charge is 0.174 e. The fourth-order valence-corrected chi connectivity index (χ4v) is 7.44. The van der Waals surface area contributed by atoms with E-state index in [4.69, 9.17) is 23.8 Å². The van der Waals surface area contributed by atoms with Gasteiger partial charge in [-0.15, -0.1) is 0 Å². The number of hydrogen-bond donors (Lipinski definition) is 1. The Bertz CT molecular complexity index is 1580. The van der Waals surface area contributed by atoms with Gasteiger partial charge in [0.1, 0.15) is 5.82 Å². The molecule has 0 unspecified atom stereocenters. The van der Waals surface area contributed by atoms with Crippen molar-refractivity contribution in [2.24, 2.45) is 11.8 Å². The van der Waals surface area contributed by atoms with Crippen LogP contribution in [0.5, 0.6) is 0 Å². The Morgan fingerprint density at radius 1 is 0.951 bits per heavy atom. The van der Waals surface area contributed by atoms with Crippen molar-refractivity contribution in [3.8, 4) is 5.69 Å². The van der Waals surface area contributed by atoms with Gasteiger partial charge in [0.15, 0.2) is 5.11 Å². The van der Waals surface area contributed by atoms with Gasteiger partial charge >= 0.3 is 0 Å². The zero-order valence-electron chi connectivity index (χ0n) is 23.8. The lowest BCUT2D eigenvalue weighted by Gasteiger charge is -2.37. The predicted octanol–water partition coefficient (Wildman–Crippen LogP) is 7.94. The summed E-state index contributed by atoms with van der Waals surface area (Å²) in [4.78, 5) is 9.23. The number of hydrogen-bond acceptors (Lipinski definition) is 3. The lowest BCUT2D eigenvalue weighted by Crippen LogP contribution is -2.38. The zero-order valence-corrected chi connectivity index (χ0v) is 25.4. The molecule has 4 aromatic rings. The summed E-state index contributed by atoms with van der Waals surface area (Å²) in [6.45, 7) is 10.7. The molecule has 4 atom stereocenters. The monoisotopic (exact) mass is 587 g/mol. The lowest BCUT2D eigenvalue weighted by molar-refractivity contribution is 0.357. The molecule has 212 valence electrons. The molecule has 0 spiro atoms. The molecule has 5 nitrogen and oxygen atoms in total. The second-order valence-electron chi connectivity index (χ2n) is 11.6. The maximum Gasteiger partial charge on any atom is 0.174 e. The number of rotatable bonds is 5. The molecular weight excluding hydrogens is 553 g/mol. The maximum absolute atomic E-state index is 15.0. The molecular formula is C33H35ClFN5S. The van der Waals surface area contributed by atoms with Crippen LogP contribution in [0.4, 0.5) is 15.8 Å². The van der Waals surface area contributed by atoms with Crippen LogP contribution < -0.4 is 15.1 Å². The summed E-state index contributed by atoms with van der Waals surface area (Å²) in [5, 5.41) is 4.86. The molecule has 2 aliphatic heterocycles. The van der Waals surface area contributed by atoms with Gasteiger partial charge in [-0.2, -0.15) is 0 Å². The van der Waals surface area contributed by atoms with Crippen LogP contribution in [-0.2, 0) is 0 Å². The molecule has 0 saturated carbocycles. The van der Waals surface area contributed by atoms with Crippen molar-refractivity contribution < 1.29 is 4.39 Å². The molecule has 0 bridgehead atoms. The van der Waals surface area contributed by atoms with E-state index in [0.717, 1.165) is 47.1 Å². The molecule has 4 heterocycles. The number of aryl methyl sites for hydroxylation is 1. The number of benzene rings is 2. The van der Waals surface area contributed by atoms with Crippen molar-refractivity contribution in [2.75, 3.05) is 22.9 Å². The van der Waals surface area contributed by atoms with E-state index in [-0.39, 0.29) is 17.9 Å². The van der Waals surface area contributed by atoms with Crippen molar-refractivity contribution in [3.63, 3.8) is 0 Å². The minimum Gasteiger partial charge on any atom is -0.370 e. The summed E-state index contributed by atoms with van der Waals surface area (Å²) in [5.74, 6) is 0.985. The second kappa shape index (κ2) is 11.1. The van der Waals surface area contributed by atoms with Gasteiger partial charge in [0.2, 0.25) is 0 Å². The van der Waals surface area contributed by atoms with Crippen LogP contribution in [-0.4, -0.2) is 27.8 Å². The van der Waals surface area contributed by atoms with Crippen LogP contribution in [0, 0.1) is 31.5 Å². The Kier molecular flexibility index (Phi) is 7.51. The first-order valence-electron chi connectivity index (χ1n) is 14.2. The lowest BCUT2D eigenvalue weighted by atomic mass is 9.91. The molecule has 2 aromatic carbocycles. The molecule has 2 aromatic heterocycles. The van der Waals surface area contributed by atoms with E-state index in [1.165, 1.54) is 12.5 Å². The molecule has 8 heteroatoms. The molecule has 6 rings (SSSR count). The minimum absolute atomic E-state index is 0.208. The van der Waals surface area contributed by atoms with Crippen molar-refractivity contribution in [3.05, 3.63) is 106 Å². The summed E-state index contributed by atoms with van der Waals surface area (Å²) in [5.41, 5.74) is 6.33. The van der Waals surface area contributed by atoms with E-state index in [1.54, 1.807) is 12.3 Å². The van der Waals surface area contributed by atoms with E-state index in [2.05, 4.69) is 52.1 Å². The quantitative estimate of drug-likeness (QED) is 0.240. The number of nitrogens with one attached hydrogen (secondary N) is 1. The van der Waals surface area contributed by atoms with Gasteiger partial charge in [0.05, 0.1) is 34.2 Å². The Balaban J connectivity index is 1.45. The summed E-state index contributed by atoms with van der Waals surface area (Å²) in [7, 11) is 0. The van der Waals surface area contributed by atoms with Gasteiger partial charge in [-0.05, 0) is 98.4 Å². The molecule has 2 saturated heterocycles. The zero-order chi connectivity index (χ0) is 28.8. The van der Waals surface area contributed by atoms with Gasteiger partial charge < -0.3 is 19.7 Å². The standard InChI is InChI=1S/C33H35ClFN5S/c1-20-15-21(2)19-38(18-20)29-13-12-24(17-26(29)34)40-32(31(37-33(40)41)28-10-7-8-14-36-28)25-16-22(3)39(23(25)4)30-11-6-5-9-27(30)35/h5-14,16-17,20-21,31-32H,15,18-19H2,1-4H3,(H,37,41)/t20-,21+,31-,32-/m1/s1. The third kappa shape index (κ3) is 5.10. The molecule has 2 aliphatic rings. The van der Waals surface area contributed by atoms with E-state index in [9.17, 15) is 4.39 Å². The highest BCUT2D eigenvalue weighted by molar-refractivity contribution is 7.80. The Hall–Kier alpha value is -3.42. The number of aromatic nitrogens is 2. The van der Waals surface area contributed by atoms with Crippen molar-refractivity contribution in [1.29, 1.82) is 0 Å². The SMILES string of the molecule is Cc1cc([C@@H]2[C@@H](c3ccccn3)NC(=S)N2c2ccc(N3C[C@H](C)C[C@H](C)C3)c(Cl)c2)c(C)n1-c1ccccc1F. The summed E-state index contributed by atoms with van der Waals surface area (Å²) in [6.07, 6.45) is 3.04. The number of halogens is 2. The van der Waals surface area contributed by atoms with Crippen molar-refractivity contribution in [1.82, 2.24) is 14.9 Å². The topological polar surface area (TPSA) is 36.3 Å². The molecule has 41 heavy (non-hydrogen) atoms. The van der Waals surface area contributed by atoms with Gasteiger partial charge in [0.25, 0.3) is 0 Å². The highest BCUT2D eigenvalue weighted by Gasteiger charge is 2.42. The van der Waals surface area contributed by atoms with Crippen molar-refractivity contribution >= 4 is 40.3 Å². The van der Waals surface area contributed by atoms with E-state index in [1.807, 2.05) is 54.8 Å². The molecule has 1 N–H and O–H groups in total. The Morgan fingerprint density at radius 3 is 2.37 bits per heavy atom. The normalized spacial score (nSPS) is 22.7. The summed E-state index contributed by atoms with van der Waals surface area (Å²) < 4.78 is 16.9. The van der Waals surface area contributed by atoms with Gasteiger partial charge in [-0.25, -0.2) is 4.39 Å². The van der Waals surface area contributed by atoms with Gasteiger partial charge in [0, 0.05) is 36.4 Å². The fraction of sp³-hybridized carbons (Fsp3) is 0.333. The van der Waals surface area contributed by atoms with E-state index < -0.39 is 0 Å². The first-order chi connectivity index (χ1) is 19.7. The third-order valence-corrected chi connectivity index (χ3v) is 9.02. The number of thiocarbonyl (C=S) groups is 1. The number of anilines is 2. The van der Waals surface area contributed by atoms with Crippen LogP contribution in [0.25, 0.3) is 5.69 Å². The third-order valence-electron chi connectivity index (χ3n) is 8.40. The highest BCUT2D eigenvalue weighted by atomic mass is 35.5. The first-order valence-corrected chi connectivity index (χ1v) is 15.0. The summed E-state index contributed by atoms with van der Waals surface area (Å²) in [6, 6.07) is 20.8. The second-order valence-corrected chi connectivity index (χ2v) is 12.4.